The molecule has 2 rings (SSSR count). The average molecular weight is 336 g/mol. The lowest BCUT2D eigenvalue weighted by atomic mass is 9.76. The Morgan fingerprint density at radius 2 is 1.70 bits per heavy atom. The number of carboxylic acid groups (broad SMARTS) is 1. The maximum Gasteiger partial charge on any atom is 0.307 e. The molecule has 0 aromatic carbocycles. The van der Waals surface area contributed by atoms with Gasteiger partial charge in [-0.25, -0.2) is 0 Å². The van der Waals surface area contributed by atoms with Gasteiger partial charge in [0.25, 0.3) is 5.91 Å². The first kappa shape index (κ1) is 17.2. The quantitative estimate of drug-likeness (QED) is 0.583. The summed E-state index contributed by atoms with van der Waals surface area (Å²) in [6.07, 6.45) is 0.750. The summed E-state index contributed by atoms with van der Waals surface area (Å²) in [6.45, 7) is 5.60. The molecule has 1 heterocycles. The number of nitrogens with one attached hydrogen (secondary N) is 2. The van der Waals surface area contributed by atoms with E-state index in [1.165, 1.54) is 11.3 Å². The van der Waals surface area contributed by atoms with Gasteiger partial charge >= 0.3 is 5.97 Å². The smallest absolute Gasteiger partial charge is 0.307 e. The highest BCUT2D eigenvalue weighted by atomic mass is 32.1. The van der Waals surface area contributed by atoms with Gasteiger partial charge in [0.2, 0.25) is 5.91 Å². The minimum Gasteiger partial charge on any atom is -0.481 e. The average Bonchev–Trinajstić information content (AvgIpc) is 2.92. The van der Waals surface area contributed by atoms with Crippen LogP contribution < -0.4 is 10.9 Å². The lowest BCUT2D eigenvalue weighted by molar-refractivity contribution is -0.147. The van der Waals surface area contributed by atoms with Gasteiger partial charge in [0.1, 0.15) is 0 Å². The number of carbonyl (C=O) groups is 3. The van der Waals surface area contributed by atoms with Crippen LogP contribution in [0.1, 0.15) is 41.9 Å². The van der Waals surface area contributed by atoms with E-state index >= 15 is 0 Å². The molecule has 23 heavy (non-hydrogen) atoms. The summed E-state index contributed by atoms with van der Waals surface area (Å²) >= 11 is 1.29. The molecule has 2 atom stereocenters. The molecule has 124 valence electrons. The van der Waals surface area contributed by atoms with Crippen LogP contribution in [-0.2, 0) is 9.59 Å². The van der Waals surface area contributed by atoms with Crippen LogP contribution >= 0.6 is 11.3 Å². The third-order valence-corrected chi connectivity index (χ3v) is 5.30. The third-order valence-electron chi connectivity index (χ3n) is 4.29. The number of allylic oxidation sites excluding steroid dienone is 2. The highest BCUT2D eigenvalue weighted by Gasteiger charge is 2.37. The molecule has 1 aromatic rings. The highest BCUT2D eigenvalue weighted by molar-refractivity contribution is 7.12. The molecule has 0 saturated carbocycles. The molecule has 7 heteroatoms. The topological polar surface area (TPSA) is 95.5 Å². The number of carboxylic acids is 1. The molecule has 0 spiro atoms. The number of rotatable bonds is 3. The summed E-state index contributed by atoms with van der Waals surface area (Å²) in [5.41, 5.74) is 7.62. The molecular weight excluding hydrogens is 316 g/mol. The van der Waals surface area contributed by atoms with E-state index in [1.807, 2.05) is 26.8 Å². The van der Waals surface area contributed by atoms with Crippen molar-refractivity contribution < 1.29 is 19.5 Å². The first-order valence-corrected chi connectivity index (χ1v) is 8.21. The van der Waals surface area contributed by atoms with Crippen LogP contribution in [0.5, 0.6) is 0 Å². The number of carbonyl (C=O) groups excluding carboxylic acids is 2. The SMILES string of the molecule is CC1=C(C)C[C@@H](C(=O)O)[C@@H](C(=O)NNC(=O)c2sccc2C)C1. The van der Waals surface area contributed by atoms with Crippen molar-refractivity contribution in [2.45, 2.75) is 33.6 Å². The zero-order valence-electron chi connectivity index (χ0n) is 13.3. The van der Waals surface area contributed by atoms with Gasteiger partial charge in [-0.15, -0.1) is 11.3 Å². The van der Waals surface area contributed by atoms with E-state index in [1.54, 1.807) is 5.38 Å². The van der Waals surface area contributed by atoms with E-state index in [4.69, 9.17) is 0 Å². The Morgan fingerprint density at radius 3 is 2.22 bits per heavy atom. The van der Waals surface area contributed by atoms with Gasteiger partial charge in [0.05, 0.1) is 16.7 Å². The molecule has 2 amide bonds. The standard InChI is InChI=1S/C16H20N2O4S/c1-8-4-5-23-13(8)15(20)18-17-14(19)11-6-9(2)10(3)7-12(11)16(21)22/h4-5,11-12H,6-7H2,1-3H3,(H,17,19)(H,18,20)(H,21,22)/t11-,12+/m0/s1. The summed E-state index contributed by atoms with van der Waals surface area (Å²) in [5.74, 6) is -3.29. The molecule has 0 fully saturated rings. The molecule has 0 aliphatic heterocycles. The van der Waals surface area contributed by atoms with Crippen molar-refractivity contribution in [3.63, 3.8) is 0 Å². The number of hydrogen-bond donors (Lipinski definition) is 3. The summed E-state index contributed by atoms with van der Waals surface area (Å²) in [7, 11) is 0. The molecule has 0 saturated heterocycles. The van der Waals surface area contributed by atoms with Gasteiger partial charge in [0.15, 0.2) is 0 Å². The van der Waals surface area contributed by atoms with Crippen molar-refractivity contribution in [2.75, 3.05) is 0 Å². The lowest BCUT2D eigenvalue weighted by Gasteiger charge is -2.29. The van der Waals surface area contributed by atoms with Crippen molar-refractivity contribution in [1.82, 2.24) is 10.9 Å². The predicted octanol–water partition coefficient (Wildman–Crippen LogP) is 2.26. The Morgan fingerprint density at radius 1 is 1.09 bits per heavy atom. The Kier molecular flexibility index (Phi) is 5.20. The fraction of sp³-hybridized carbons (Fsp3) is 0.438. The van der Waals surface area contributed by atoms with Crippen LogP contribution in [0.2, 0.25) is 0 Å². The second kappa shape index (κ2) is 6.95. The minimum atomic E-state index is -0.988. The van der Waals surface area contributed by atoms with Crippen molar-refractivity contribution in [3.05, 3.63) is 33.0 Å². The molecule has 1 aliphatic carbocycles. The molecular formula is C16H20N2O4S. The van der Waals surface area contributed by atoms with Gasteiger partial charge in [-0.3, -0.25) is 25.2 Å². The molecule has 6 nitrogen and oxygen atoms in total. The normalized spacial score (nSPS) is 21.0. The van der Waals surface area contributed by atoms with Crippen molar-refractivity contribution >= 4 is 29.1 Å². The van der Waals surface area contributed by atoms with Crippen molar-refractivity contribution in [1.29, 1.82) is 0 Å². The first-order chi connectivity index (χ1) is 10.8. The second-order valence-corrected chi connectivity index (χ2v) is 6.81. The van der Waals surface area contributed by atoms with Crippen LogP contribution in [0.25, 0.3) is 0 Å². The monoisotopic (exact) mass is 336 g/mol. The number of amides is 2. The minimum absolute atomic E-state index is 0.358. The van der Waals surface area contributed by atoms with Crippen LogP contribution in [0.4, 0.5) is 0 Å². The first-order valence-electron chi connectivity index (χ1n) is 7.33. The van der Waals surface area contributed by atoms with Crippen LogP contribution in [0.3, 0.4) is 0 Å². The maximum atomic E-state index is 12.3. The second-order valence-electron chi connectivity index (χ2n) is 5.90. The van der Waals surface area contributed by atoms with Gasteiger partial charge in [-0.2, -0.15) is 0 Å². The Balaban J connectivity index is 2.03. The summed E-state index contributed by atoms with van der Waals surface area (Å²) in [4.78, 5) is 36.2. The van der Waals surface area contributed by atoms with Gasteiger partial charge in [-0.1, -0.05) is 11.1 Å². The highest BCUT2D eigenvalue weighted by Crippen LogP contribution is 2.34. The zero-order valence-corrected chi connectivity index (χ0v) is 14.1. The summed E-state index contributed by atoms with van der Waals surface area (Å²) in [5, 5.41) is 11.1. The molecule has 0 bridgehead atoms. The predicted molar refractivity (Wildman–Crippen MR) is 86.9 cm³/mol. The van der Waals surface area contributed by atoms with Crippen molar-refractivity contribution in [2.24, 2.45) is 11.8 Å². The zero-order chi connectivity index (χ0) is 17.1. The Labute approximate surface area is 138 Å². The summed E-state index contributed by atoms with van der Waals surface area (Å²) < 4.78 is 0. The third kappa shape index (κ3) is 3.79. The number of hydrogen-bond acceptors (Lipinski definition) is 4. The van der Waals surface area contributed by atoms with Gasteiger partial charge < -0.3 is 5.11 Å². The number of thiophene rings is 1. The lowest BCUT2D eigenvalue weighted by Crippen LogP contribution is -2.48. The van der Waals surface area contributed by atoms with E-state index < -0.39 is 29.6 Å². The Hall–Kier alpha value is -2.15. The molecule has 0 unspecified atom stereocenters. The summed E-state index contributed by atoms with van der Waals surface area (Å²) in [6, 6.07) is 1.82. The van der Waals surface area contributed by atoms with E-state index in [9.17, 15) is 19.5 Å². The molecule has 1 aliphatic rings. The fourth-order valence-electron chi connectivity index (χ4n) is 2.70. The van der Waals surface area contributed by atoms with Crippen LogP contribution in [0, 0.1) is 18.8 Å². The maximum absolute atomic E-state index is 12.3. The van der Waals surface area contributed by atoms with E-state index in [2.05, 4.69) is 10.9 Å². The van der Waals surface area contributed by atoms with Crippen LogP contribution in [-0.4, -0.2) is 22.9 Å². The number of aryl methyl sites for hydroxylation is 1. The van der Waals surface area contributed by atoms with Gasteiger partial charge in [-0.05, 0) is 50.6 Å². The van der Waals surface area contributed by atoms with E-state index in [0.717, 1.165) is 16.7 Å². The molecule has 0 radical (unpaired) electrons. The largest absolute Gasteiger partial charge is 0.481 e. The molecule has 1 aromatic heterocycles. The van der Waals surface area contributed by atoms with Crippen molar-refractivity contribution in [3.8, 4) is 0 Å². The fourth-order valence-corrected chi connectivity index (χ4v) is 3.52. The number of hydrazine groups is 1. The van der Waals surface area contributed by atoms with Gasteiger partial charge in [0, 0.05) is 0 Å². The molecule has 3 N–H and O–H groups in total. The number of aliphatic carboxylic acids is 1. The van der Waals surface area contributed by atoms with E-state index in [0.29, 0.717) is 17.7 Å². The Bertz CT molecular complexity index is 677. The van der Waals surface area contributed by atoms with Crippen LogP contribution in [0.15, 0.2) is 22.6 Å². The van der Waals surface area contributed by atoms with E-state index in [-0.39, 0.29) is 0 Å².